The number of ether oxygens (including phenoxy) is 2. The quantitative estimate of drug-likeness (QED) is 0.0603. The minimum atomic E-state index is -1.30. The topological polar surface area (TPSA) is 259 Å². The maximum atomic E-state index is 13.0. The summed E-state index contributed by atoms with van der Waals surface area (Å²) in [5.41, 5.74) is 12.7. The Bertz CT molecular complexity index is 3610. The highest BCUT2D eigenvalue weighted by Crippen LogP contribution is 2.34. The van der Waals surface area contributed by atoms with E-state index in [-0.39, 0.29) is 30.4 Å². The number of aromatic nitrogens is 3. The number of nitrogens with one attached hydrogen (secondary N) is 5. The van der Waals surface area contributed by atoms with Crippen molar-refractivity contribution in [1.82, 2.24) is 25.6 Å². The molecule has 0 spiro atoms. The summed E-state index contributed by atoms with van der Waals surface area (Å²) < 4.78 is 10.3. The highest BCUT2D eigenvalue weighted by molar-refractivity contribution is 6.08. The van der Waals surface area contributed by atoms with Gasteiger partial charge < -0.3 is 51.0 Å². The largest absolute Gasteiger partial charge is 0.479 e. The number of aliphatic carboxylic acids is 1. The molecule has 9 N–H and O–H groups in total. The summed E-state index contributed by atoms with van der Waals surface area (Å²) in [7, 11) is 0. The standard InChI is InChI=1S/C21H20N2O3.C19H16N2O3.C12H15NO2.C9H7NO2/c1-2-26-20(25)21(12-15-6-3-4-7-16(15)13-21)23-19(24)17-9-5-8-14-10-11-22-18(14)17;22-17(15-7-3-6-12-8-9-20-16(12)15)21-19(18(23)24)10-13-4-1-2-5-14(13)11-19;1-2-15-11(14)12(13)7-9-5-3-4-6-10(9)8-12;11-9(12)7-3-1-2-6-4-5-10-8(6)7/h3-11,22H,2,12-13H2,1H3,(H,23,24);1-9,20H,10-11H2,(H,21,22)(H,23,24);3-6H,2,7-8,13H2,1H3;1-5,10H,(H,11,12). The number of fused-ring (bicyclic) bond motifs is 6. The number of aromatic amines is 3. The van der Waals surface area contributed by atoms with Crippen molar-refractivity contribution in [1.29, 1.82) is 0 Å². The van der Waals surface area contributed by atoms with E-state index in [1.54, 1.807) is 62.8 Å². The molecule has 0 aliphatic heterocycles. The van der Waals surface area contributed by atoms with E-state index in [9.17, 15) is 33.9 Å². The number of H-pyrrole nitrogens is 3. The van der Waals surface area contributed by atoms with Crippen LogP contribution in [0.15, 0.2) is 164 Å². The van der Waals surface area contributed by atoms with Crippen molar-refractivity contribution in [3.8, 4) is 0 Å². The molecule has 2 amide bonds. The summed E-state index contributed by atoms with van der Waals surface area (Å²) in [5.74, 6) is -3.24. The van der Waals surface area contributed by atoms with Gasteiger partial charge in [0, 0.05) is 73.3 Å². The van der Waals surface area contributed by atoms with Gasteiger partial charge in [0.1, 0.15) is 16.6 Å². The summed E-state index contributed by atoms with van der Waals surface area (Å²) in [5, 5.41) is 27.1. The van der Waals surface area contributed by atoms with Gasteiger partial charge in [0.25, 0.3) is 11.8 Å². The van der Waals surface area contributed by atoms with Crippen LogP contribution in [0.1, 0.15) is 78.3 Å². The zero-order valence-electron chi connectivity index (χ0n) is 42.5. The number of nitrogens with two attached hydrogens (primary N) is 1. The third kappa shape index (κ3) is 11.0. The number of hydrogen-bond acceptors (Lipinski definition) is 9. The lowest BCUT2D eigenvalue weighted by atomic mass is 9.94. The summed E-state index contributed by atoms with van der Waals surface area (Å²) in [6.45, 7) is 4.23. The zero-order chi connectivity index (χ0) is 54.3. The van der Waals surface area contributed by atoms with Crippen LogP contribution in [-0.4, -0.2) is 90.7 Å². The van der Waals surface area contributed by atoms with E-state index in [4.69, 9.17) is 20.3 Å². The SMILES string of the molecule is CCOC(=O)C1(N)Cc2ccccc2C1.CCOC(=O)C1(NC(=O)c2cccc3cc[nH]c23)Cc2ccccc2C1.O=C(NC1(C(=O)O)Cc2ccccc2C1)c1cccc2cc[nH]c12.O=C(O)c1cccc2cc[nH]c12. The monoisotopic (exact) mass is 1030 g/mol. The van der Waals surface area contributed by atoms with Crippen molar-refractivity contribution in [3.63, 3.8) is 0 Å². The van der Waals surface area contributed by atoms with Crippen LogP contribution in [0.3, 0.4) is 0 Å². The van der Waals surface area contributed by atoms with Crippen molar-refractivity contribution >= 4 is 68.4 Å². The van der Waals surface area contributed by atoms with Crippen molar-refractivity contribution in [2.75, 3.05) is 13.2 Å². The maximum Gasteiger partial charge on any atom is 0.337 e. The van der Waals surface area contributed by atoms with Crippen LogP contribution in [0.4, 0.5) is 0 Å². The van der Waals surface area contributed by atoms with Gasteiger partial charge in [0.05, 0.1) is 46.5 Å². The second-order valence-corrected chi connectivity index (χ2v) is 19.4. The molecule has 12 rings (SSSR count). The normalized spacial score (nSPS) is 14.7. The van der Waals surface area contributed by atoms with Crippen LogP contribution in [0.2, 0.25) is 0 Å². The minimum absolute atomic E-state index is 0.277. The Kier molecular flexibility index (Phi) is 15.2. The van der Waals surface area contributed by atoms with E-state index in [1.807, 2.05) is 115 Å². The molecule has 3 aliphatic rings. The highest BCUT2D eigenvalue weighted by atomic mass is 16.5. The molecule has 0 atom stereocenters. The molecule has 3 heterocycles. The van der Waals surface area contributed by atoms with Crippen molar-refractivity contribution in [3.05, 3.63) is 214 Å². The molecular weight excluding hydrogens is 977 g/mol. The molecule has 3 aliphatic carbocycles. The number of amides is 2. The molecule has 392 valence electrons. The van der Waals surface area contributed by atoms with Gasteiger partial charge in [-0.1, -0.05) is 109 Å². The zero-order valence-corrected chi connectivity index (χ0v) is 42.5. The van der Waals surface area contributed by atoms with E-state index in [2.05, 4.69) is 25.6 Å². The molecule has 0 bridgehead atoms. The first-order valence-electron chi connectivity index (χ1n) is 25.3. The highest BCUT2D eigenvalue weighted by Gasteiger charge is 2.48. The average molecular weight is 1040 g/mol. The van der Waals surface area contributed by atoms with Gasteiger partial charge in [-0.15, -0.1) is 0 Å². The Balaban J connectivity index is 0.000000131. The van der Waals surface area contributed by atoms with Gasteiger partial charge in [-0.25, -0.2) is 14.4 Å². The molecule has 9 aromatic rings. The Labute approximate surface area is 443 Å². The van der Waals surface area contributed by atoms with Crippen LogP contribution in [0.5, 0.6) is 0 Å². The number of carbonyl (C=O) groups excluding carboxylic acids is 4. The third-order valence-corrected chi connectivity index (χ3v) is 14.3. The molecule has 16 nitrogen and oxygen atoms in total. The van der Waals surface area contributed by atoms with E-state index in [0.29, 0.717) is 72.9 Å². The number of para-hydroxylation sites is 3. The predicted molar refractivity (Wildman–Crippen MR) is 292 cm³/mol. The number of benzene rings is 6. The fraction of sp³-hybridized carbons (Fsp3) is 0.213. The second kappa shape index (κ2) is 22.3. The van der Waals surface area contributed by atoms with Crippen LogP contribution >= 0.6 is 0 Å². The van der Waals surface area contributed by atoms with Crippen molar-refractivity contribution in [2.45, 2.75) is 69.0 Å². The molecule has 77 heavy (non-hydrogen) atoms. The number of esters is 2. The van der Waals surface area contributed by atoms with Gasteiger partial charge in [0.2, 0.25) is 0 Å². The first kappa shape index (κ1) is 52.6. The molecule has 0 unspecified atom stereocenters. The van der Waals surface area contributed by atoms with Gasteiger partial charge in [0.15, 0.2) is 0 Å². The van der Waals surface area contributed by atoms with E-state index >= 15 is 0 Å². The van der Waals surface area contributed by atoms with Gasteiger partial charge in [-0.05, 0) is 83.6 Å². The number of carbonyl (C=O) groups is 6. The lowest BCUT2D eigenvalue weighted by molar-refractivity contribution is -0.150. The number of carboxylic acids is 2. The van der Waals surface area contributed by atoms with Crippen LogP contribution < -0.4 is 16.4 Å². The lowest BCUT2D eigenvalue weighted by Gasteiger charge is -2.28. The molecule has 6 aromatic carbocycles. The summed E-state index contributed by atoms with van der Waals surface area (Å²) >= 11 is 0. The fourth-order valence-corrected chi connectivity index (χ4v) is 10.5. The molecule has 0 saturated carbocycles. The van der Waals surface area contributed by atoms with Gasteiger partial charge in [-0.3, -0.25) is 14.4 Å². The maximum absolute atomic E-state index is 13.0. The molecule has 0 fully saturated rings. The average Bonchev–Trinajstić information content (AvgIpc) is 4.32. The first-order valence-corrected chi connectivity index (χ1v) is 25.3. The fourth-order valence-electron chi connectivity index (χ4n) is 10.5. The Morgan fingerprint density at radius 1 is 0.455 bits per heavy atom. The third-order valence-electron chi connectivity index (χ3n) is 14.3. The molecule has 0 radical (unpaired) electrons. The Morgan fingerprint density at radius 2 is 0.792 bits per heavy atom. The number of aromatic carboxylic acids is 1. The minimum Gasteiger partial charge on any atom is -0.479 e. The van der Waals surface area contributed by atoms with Crippen LogP contribution in [0.25, 0.3) is 32.7 Å². The van der Waals surface area contributed by atoms with Crippen LogP contribution in [0, 0.1) is 0 Å². The summed E-state index contributed by atoms with van der Waals surface area (Å²) in [4.78, 5) is 82.0. The molecule has 16 heteroatoms. The predicted octanol–water partition coefficient (Wildman–Crippen LogP) is 8.43. The van der Waals surface area contributed by atoms with Gasteiger partial charge >= 0.3 is 23.9 Å². The first-order chi connectivity index (χ1) is 37.2. The van der Waals surface area contributed by atoms with Crippen molar-refractivity contribution < 1.29 is 48.5 Å². The molecule has 0 saturated heterocycles. The second-order valence-electron chi connectivity index (χ2n) is 19.4. The van der Waals surface area contributed by atoms with E-state index in [1.165, 1.54) is 0 Å². The van der Waals surface area contributed by atoms with E-state index < -0.39 is 28.6 Å². The Hall–Kier alpha value is -9.28. The smallest absolute Gasteiger partial charge is 0.337 e. The summed E-state index contributed by atoms with van der Waals surface area (Å²) in [6, 6.07) is 45.2. The van der Waals surface area contributed by atoms with Gasteiger partial charge in [-0.2, -0.15) is 0 Å². The molecular formula is C61H58N6O10. The summed E-state index contributed by atoms with van der Waals surface area (Å²) in [6.07, 6.45) is 7.94. The van der Waals surface area contributed by atoms with E-state index in [0.717, 1.165) is 55.1 Å². The Morgan fingerprint density at radius 3 is 1.17 bits per heavy atom. The molecule has 3 aromatic heterocycles. The van der Waals surface area contributed by atoms with Crippen LogP contribution in [-0.2, 0) is 62.4 Å². The lowest BCUT2D eigenvalue weighted by Crippen LogP contribution is -2.56. The number of carboxylic acid groups (broad SMARTS) is 2. The number of rotatable bonds is 10. The number of hydrogen-bond donors (Lipinski definition) is 8. The van der Waals surface area contributed by atoms with Crippen molar-refractivity contribution in [2.24, 2.45) is 5.73 Å².